The van der Waals surface area contributed by atoms with Crippen molar-refractivity contribution in [2.45, 2.75) is 38.0 Å². The lowest BCUT2D eigenvalue weighted by Gasteiger charge is -2.22. The number of rotatable bonds is 1. The van der Waals surface area contributed by atoms with Crippen molar-refractivity contribution in [1.29, 1.82) is 0 Å². The molecule has 3 heteroatoms. The summed E-state index contributed by atoms with van der Waals surface area (Å²) in [6, 6.07) is 0. The molecule has 15 heavy (non-hydrogen) atoms. The standard InChI is InChI=1S/C12H16BrNS/c13-11-9-4-1-5-10(9)15-12(11)8-3-2-6-14-7-8/h8,14H,1-7H2. The Morgan fingerprint density at radius 2 is 2.20 bits per heavy atom. The van der Waals surface area contributed by atoms with Crippen LogP contribution in [0.3, 0.4) is 0 Å². The molecule has 1 N–H and O–H groups in total. The number of halogens is 1. The molecule has 0 radical (unpaired) electrons. The van der Waals surface area contributed by atoms with E-state index in [1.165, 1.54) is 49.7 Å². The molecule has 0 amide bonds. The molecule has 1 aliphatic carbocycles. The first-order chi connectivity index (χ1) is 7.36. The van der Waals surface area contributed by atoms with Crippen LogP contribution in [0.5, 0.6) is 0 Å². The smallest absolute Gasteiger partial charge is 0.0352 e. The second kappa shape index (κ2) is 4.19. The Bertz CT molecular complexity index is 366. The lowest BCUT2D eigenvalue weighted by Crippen LogP contribution is -2.28. The number of fused-ring (bicyclic) bond motifs is 1. The molecule has 2 aliphatic rings. The molecule has 1 saturated heterocycles. The minimum Gasteiger partial charge on any atom is -0.316 e. The Hall–Kier alpha value is 0.140. The van der Waals surface area contributed by atoms with Crippen LogP contribution in [-0.4, -0.2) is 13.1 Å². The first-order valence-corrected chi connectivity index (χ1v) is 7.48. The minimum atomic E-state index is 0.767. The summed E-state index contributed by atoms with van der Waals surface area (Å²) in [5.41, 5.74) is 1.63. The summed E-state index contributed by atoms with van der Waals surface area (Å²) >= 11 is 5.89. The maximum absolute atomic E-state index is 3.82. The van der Waals surface area contributed by atoms with Crippen molar-refractivity contribution in [1.82, 2.24) is 5.32 Å². The minimum absolute atomic E-state index is 0.767. The van der Waals surface area contributed by atoms with Gasteiger partial charge in [-0.15, -0.1) is 11.3 Å². The van der Waals surface area contributed by atoms with E-state index in [1.54, 1.807) is 15.3 Å². The topological polar surface area (TPSA) is 12.0 Å². The zero-order valence-corrected chi connectivity index (χ0v) is 11.2. The van der Waals surface area contributed by atoms with E-state index in [-0.39, 0.29) is 0 Å². The Labute approximate surface area is 103 Å². The van der Waals surface area contributed by atoms with Gasteiger partial charge < -0.3 is 5.32 Å². The van der Waals surface area contributed by atoms with Crippen LogP contribution in [0.1, 0.15) is 40.5 Å². The van der Waals surface area contributed by atoms with Gasteiger partial charge in [-0.3, -0.25) is 0 Å². The highest BCUT2D eigenvalue weighted by Crippen LogP contribution is 2.43. The number of hydrogen-bond donors (Lipinski definition) is 1. The van der Waals surface area contributed by atoms with Crippen molar-refractivity contribution in [3.63, 3.8) is 0 Å². The summed E-state index contributed by atoms with van der Waals surface area (Å²) in [4.78, 5) is 3.27. The van der Waals surface area contributed by atoms with Crippen LogP contribution in [0, 0.1) is 0 Å². The maximum atomic E-state index is 3.82. The van der Waals surface area contributed by atoms with Gasteiger partial charge in [-0.25, -0.2) is 0 Å². The average Bonchev–Trinajstić information content (AvgIpc) is 2.83. The zero-order chi connectivity index (χ0) is 10.3. The Balaban J connectivity index is 1.91. The van der Waals surface area contributed by atoms with Crippen LogP contribution in [0.2, 0.25) is 0 Å². The molecule has 0 aromatic carbocycles. The van der Waals surface area contributed by atoms with E-state index in [1.807, 2.05) is 0 Å². The molecule has 1 atom stereocenters. The van der Waals surface area contributed by atoms with Crippen molar-refractivity contribution >= 4 is 27.3 Å². The molecule has 3 rings (SSSR count). The van der Waals surface area contributed by atoms with Crippen LogP contribution in [0.15, 0.2) is 4.47 Å². The summed E-state index contributed by atoms with van der Waals surface area (Å²) in [7, 11) is 0. The summed E-state index contributed by atoms with van der Waals surface area (Å²) < 4.78 is 1.45. The van der Waals surface area contributed by atoms with Gasteiger partial charge in [0, 0.05) is 26.7 Å². The normalized spacial score (nSPS) is 25.5. The van der Waals surface area contributed by atoms with Crippen molar-refractivity contribution < 1.29 is 0 Å². The number of hydrogen-bond acceptors (Lipinski definition) is 2. The molecule has 82 valence electrons. The number of piperidine rings is 1. The van der Waals surface area contributed by atoms with Gasteiger partial charge in [0.15, 0.2) is 0 Å². The molecule has 0 spiro atoms. The molecule has 1 aliphatic heterocycles. The van der Waals surface area contributed by atoms with Crippen LogP contribution >= 0.6 is 27.3 Å². The second-order valence-corrected chi connectivity index (χ2v) is 6.51. The molecule has 1 fully saturated rings. The lowest BCUT2D eigenvalue weighted by molar-refractivity contribution is 0.465. The van der Waals surface area contributed by atoms with Crippen molar-refractivity contribution in [3.8, 4) is 0 Å². The van der Waals surface area contributed by atoms with Crippen LogP contribution in [0.4, 0.5) is 0 Å². The van der Waals surface area contributed by atoms with Gasteiger partial charge in [-0.2, -0.15) is 0 Å². The Morgan fingerprint density at radius 1 is 1.27 bits per heavy atom. The van der Waals surface area contributed by atoms with E-state index < -0.39 is 0 Å². The molecule has 1 aromatic heterocycles. The summed E-state index contributed by atoms with van der Waals surface area (Å²) in [6.07, 6.45) is 6.68. The molecule has 0 bridgehead atoms. The van der Waals surface area contributed by atoms with Gasteiger partial charge >= 0.3 is 0 Å². The summed E-state index contributed by atoms with van der Waals surface area (Å²) in [5.74, 6) is 0.767. The van der Waals surface area contributed by atoms with Gasteiger partial charge in [-0.05, 0) is 60.1 Å². The van der Waals surface area contributed by atoms with Gasteiger partial charge in [0.05, 0.1) is 0 Å². The van der Waals surface area contributed by atoms with E-state index in [9.17, 15) is 0 Å². The fourth-order valence-corrected chi connectivity index (χ4v) is 5.28. The predicted molar refractivity (Wildman–Crippen MR) is 68.9 cm³/mol. The fraction of sp³-hybridized carbons (Fsp3) is 0.667. The van der Waals surface area contributed by atoms with Crippen molar-refractivity contribution in [3.05, 3.63) is 19.8 Å². The second-order valence-electron chi connectivity index (χ2n) is 4.58. The summed E-state index contributed by atoms with van der Waals surface area (Å²) in [5, 5.41) is 3.51. The van der Waals surface area contributed by atoms with Gasteiger partial charge in [0.25, 0.3) is 0 Å². The highest BCUT2D eigenvalue weighted by molar-refractivity contribution is 9.10. The van der Waals surface area contributed by atoms with E-state index in [4.69, 9.17) is 0 Å². The molecule has 1 aromatic rings. The van der Waals surface area contributed by atoms with Crippen LogP contribution < -0.4 is 5.32 Å². The third kappa shape index (κ3) is 1.79. The third-order valence-corrected chi connectivity index (χ3v) is 6.17. The summed E-state index contributed by atoms with van der Waals surface area (Å²) in [6.45, 7) is 2.39. The van der Waals surface area contributed by atoms with Gasteiger partial charge in [0.1, 0.15) is 0 Å². The van der Waals surface area contributed by atoms with Gasteiger partial charge in [-0.1, -0.05) is 0 Å². The van der Waals surface area contributed by atoms with Crippen LogP contribution in [0.25, 0.3) is 0 Å². The fourth-order valence-electron chi connectivity index (χ4n) is 2.73. The molecule has 0 saturated carbocycles. The van der Waals surface area contributed by atoms with Crippen molar-refractivity contribution in [2.75, 3.05) is 13.1 Å². The molecule has 2 heterocycles. The number of nitrogens with one attached hydrogen (secondary N) is 1. The first-order valence-electron chi connectivity index (χ1n) is 5.87. The Morgan fingerprint density at radius 3 is 2.93 bits per heavy atom. The number of thiophene rings is 1. The SMILES string of the molecule is Brc1c(C2CCCNC2)sc2c1CCC2. The maximum Gasteiger partial charge on any atom is 0.0352 e. The highest BCUT2D eigenvalue weighted by Gasteiger charge is 2.25. The molecular formula is C12H16BrNS. The zero-order valence-electron chi connectivity index (χ0n) is 8.81. The molecule has 1 nitrogen and oxygen atoms in total. The van der Waals surface area contributed by atoms with Crippen molar-refractivity contribution in [2.24, 2.45) is 0 Å². The first kappa shape index (κ1) is 10.3. The average molecular weight is 286 g/mol. The van der Waals surface area contributed by atoms with Gasteiger partial charge in [0.2, 0.25) is 0 Å². The quantitative estimate of drug-likeness (QED) is 0.833. The lowest BCUT2D eigenvalue weighted by atomic mass is 9.97. The largest absolute Gasteiger partial charge is 0.316 e. The monoisotopic (exact) mass is 285 g/mol. The number of aryl methyl sites for hydroxylation is 1. The van der Waals surface area contributed by atoms with E-state index in [2.05, 4.69) is 32.6 Å². The third-order valence-electron chi connectivity index (χ3n) is 3.55. The Kier molecular flexibility index (Phi) is 2.88. The van der Waals surface area contributed by atoms with E-state index in [0.717, 1.165) is 5.92 Å². The highest BCUT2D eigenvalue weighted by atomic mass is 79.9. The van der Waals surface area contributed by atoms with E-state index >= 15 is 0 Å². The van der Waals surface area contributed by atoms with E-state index in [0.29, 0.717) is 0 Å². The molecular weight excluding hydrogens is 270 g/mol. The molecule has 1 unspecified atom stereocenters. The predicted octanol–water partition coefficient (Wildman–Crippen LogP) is 3.47. The van der Waals surface area contributed by atoms with Crippen LogP contribution in [-0.2, 0) is 12.8 Å².